The maximum Gasteiger partial charge on any atom is 0.148 e. The van der Waals surface area contributed by atoms with E-state index >= 15 is 0 Å². The molecule has 6 heteroatoms. The predicted molar refractivity (Wildman–Crippen MR) is 97.9 cm³/mol. The van der Waals surface area contributed by atoms with E-state index in [1.807, 2.05) is 30.6 Å². The smallest absolute Gasteiger partial charge is 0.148 e. The molecule has 0 spiro atoms. The number of fused-ring (bicyclic) bond motifs is 3. The van der Waals surface area contributed by atoms with E-state index < -0.39 is 0 Å². The first-order chi connectivity index (χ1) is 11.4. The van der Waals surface area contributed by atoms with Crippen LogP contribution in [0.1, 0.15) is 19.4 Å². The number of nitrogens with zero attached hydrogens (tertiary/aromatic N) is 3. The van der Waals surface area contributed by atoms with Gasteiger partial charge in [-0.15, -0.1) is 0 Å². The Morgan fingerprint density at radius 1 is 1.25 bits per heavy atom. The average Bonchev–Trinajstić information content (AvgIpc) is 2.86. The molecule has 0 aromatic heterocycles. The highest BCUT2D eigenvalue weighted by Crippen LogP contribution is 2.37. The Bertz CT molecular complexity index is 889. The molecule has 5 nitrogen and oxygen atoms in total. The molecule has 2 heterocycles. The minimum absolute atomic E-state index is 0.128. The van der Waals surface area contributed by atoms with E-state index in [1.165, 1.54) is 0 Å². The Balaban J connectivity index is 1.73. The summed E-state index contributed by atoms with van der Waals surface area (Å²) in [5.41, 5.74) is 8.03. The summed E-state index contributed by atoms with van der Waals surface area (Å²) in [4.78, 5) is 11.4. The summed E-state index contributed by atoms with van der Waals surface area (Å²) in [6.45, 7) is 5.04. The molecule has 0 atom stereocenters. The lowest BCUT2D eigenvalue weighted by Gasteiger charge is -2.22. The first-order valence-electron chi connectivity index (χ1n) is 7.70. The summed E-state index contributed by atoms with van der Waals surface area (Å²) >= 11 is 6.21. The van der Waals surface area contributed by atoms with Crippen LogP contribution < -0.4 is 10.5 Å². The standard InChI is InChI=1S/C18H17ClN4O/c1-18(2)9-23-10-21-14-7-6-11(8-12(14)17(23)22-18)24-15-5-3-4-13(20)16(15)19/h3-8,10H,9,20H2,1-2H3. The van der Waals surface area contributed by atoms with Gasteiger partial charge in [0.15, 0.2) is 0 Å². The number of ether oxygens (including phenoxy) is 1. The van der Waals surface area contributed by atoms with E-state index in [4.69, 9.17) is 27.1 Å². The normalized spacial score (nSPS) is 17.3. The van der Waals surface area contributed by atoms with Gasteiger partial charge in [0.05, 0.1) is 29.8 Å². The van der Waals surface area contributed by atoms with Crippen molar-refractivity contribution in [2.75, 3.05) is 12.3 Å². The van der Waals surface area contributed by atoms with Crippen LogP contribution in [0.25, 0.3) is 0 Å². The van der Waals surface area contributed by atoms with Gasteiger partial charge in [0.1, 0.15) is 22.4 Å². The first kappa shape index (κ1) is 15.0. The topological polar surface area (TPSA) is 63.2 Å². The Hall–Kier alpha value is -2.53. The van der Waals surface area contributed by atoms with E-state index in [1.54, 1.807) is 12.1 Å². The SMILES string of the molecule is CC1(C)CN2C=Nc3ccc(Oc4cccc(N)c4Cl)cc3C2=N1. The Labute approximate surface area is 145 Å². The number of halogens is 1. The van der Waals surface area contributed by atoms with Gasteiger partial charge in [-0.25, -0.2) is 4.99 Å². The van der Waals surface area contributed by atoms with Crippen molar-refractivity contribution < 1.29 is 4.74 Å². The monoisotopic (exact) mass is 340 g/mol. The van der Waals surface area contributed by atoms with E-state index in [2.05, 4.69) is 23.7 Å². The molecule has 2 aliphatic rings. The van der Waals surface area contributed by atoms with Crippen LogP contribution in [0.4, 0.5) is 11.4 Å². The maximum atomic E-state index is 6.21. The second kappa shape index (κ2) is 5.24. The maximum absolute atomic E-state index is 6.21. The van der Waals surface area contributed by atoms with Crippen molar-refractivity contribution in [3.05, 3.63) is 47.0 Å². The third kappa shape index (κ3) is 2.51. The molecule has 0 radical (unpaired) electrons. The minimum Gasteiger partial charge on any atom is -0.456 e. The number of amidine groups is 1. The molecule has 0 aliphatic carbocycles. The molecule has 24 heavy (non-hydrogen) atoms. The molecule has 0 amide bonds. The van der Waals surface area contributed by atoms with Crippen LogP contribution in [0.5, 0.6) is 11.5 Å². The van der Waals surface area contributed by atoms with Crippen LogP contribution in [-0.2, 0) is 0 Å². The zero-order valence-electron chi connectivity index (χ0n) is 13.5. The lowest BCUT2D eigenvalue weighted by molar-refractivity contribution is 0.477. The molecule has 4 rings (SSSR count). The zero-order chi connectivity index (χ0) is 16.9. The fraction of sp³-hybridized carbons (Fsp3) is 0.222. The number of aliphatic imine (C=N–C) groups is 2. The van der Waals surface area contributed by atoms with Crippen LogP contribution in [-0.4, -0.2) is 29.2 Å². The summed E-state index contributed by atoms with van der Waals surface area (Å²) < 4.78 is 5.92. The van der Waals surface area contributed by atoms with Crippen molar-refractivity contribution in [1.29, 1.82) is 0 Å². The quantitative estimate of drug-likeness (QED) is 0.832. The molecule has 0 fully saturated rings. The lowest BCUT2D eigenvalue weighted by atomic mass is 10.1. The highest BCUT2D eigenvalue weighted by molar-refractivity contribution is 6.34. The van der Waals surface area contributed by atoms with E-state index in [0.717, 1.165) is 23.6 Å². The van der Waals surface area contributed by atoms with Crippen molar-refractivity contribution in [2.24, 2.45) is 9.98 Å². The van der Waals surface area contributed by atoms with Crippen molar-refractivity contribution in [2.45, 2.75) is 19.4 Å². The Kier molecular flexibility index (Phi) is 3.28. The fourth-order valence-corrected chi connectivity index (χ4v) is 3.09. The van der Waals surface area contributed by atoms with Gasteiger partial charge in [0.25, 0.3) is 0 Å². The van der Waals surface area contributed by atoms with E-state index in [0.29, 0.717) is 22.2 Å². The second-order valence-electron chi connectivity index (χ2n) is 6.56. The molecule has 0 bridgehead atoms. The van der Waals surface area contributed by atoms with E-state index in [-0.39, 0.29) is 5.54 Å². The second-order valence-corrected chi connectivity index (χ2v) is 6.94. The van der Waals surface area contributed by atoms with Gasteiger partial charge in [0.2, 0.25) is 0 Å². The van der Waals surface area contributed by atoms with Gasteiger partial charge >= 0.3 is 0 Å². The van der Waals surface area contributed by atoms with Crippen molar-refractivity contribution >= 4 is 35.1 Å². The largest absolute Gasteiger partial charge is 0.456 e. The van der Waals surface area contributed by atoms with Crippen LogP contribution in [0.15, 0.2) is 46.4 Å². The third-order valence-corrected chi connectivity index (χ3v) is 4.41. The van der Waals surface area contributed by atoms with Gasteiger partial charge in [-0.3, -0.25) is 4.99 Å². The molecule has 122 valence electrons. The summed E-state index contributed by atoms with van der Waals surface area (Å²) in [5, 5.41) is 0.411. The third-order valence-electron chi connectivity index (χ3n) is 4.00. The molecule has 2 aromatic rings. The number of anilines is 1. The number of hydrogen-bond acceptors (Lipinski definition) is 5. The molecule has 0 saturated carbocycles. The van der Waals surface area contributed by atoms with Crippen molar-refractivity contribution in [3.8, 4) is 11.5 Å². The summed E-state index contributed by atoms with van der Waals surface area (Å²) in [5.74, 6) is 2.13. The van der Waals surface area contributed by atoms with E-state index in [9.17, 15) is 0 Å². The van der Waals surface area contributed by atoms with Crippen LogP contribution >= 0.6 is 11.6 Å². The lowest BCUT2D eigenvalue weighted by Crippen LogP contribution is -2.33. The van der Waals surface area contributed by atoms with Crippen LogP contribution in [0.2, 0.25) is 5.02 Å². The highest BCUT2D eigenvalue weighted by atomic mass is 35.5. The molecular formula is C18H17ClN4O. The predicted octanol–water partition coefficient (Wildman–Crippen LogP) is 4.23. The first-order valence-corrected chi connectivity index (χ1v) is 8.08. The van der Waals surface area contributed by atoms with Crippen LogP contribution in [0.3, 0.4) is 0 Å². The molecule has 2 aromatic carbocycles. The van der Waals surface area contributed by atoms with Crippen LogP contribution in [0, 0.1) is 0 Å². The number of benzene rings is 2. The summed E-state index contributed by atoms with van der Waals surface area (Å²) in [7, 11) is 0. The van der Waals surface area contributed by atoms with Gasteiger partial charge < -0.3 is 15.4 Å². The average molecular weight is 341 g/mol. The number of nitrogen functional groups attached to an aromatic ring is 1. The van der Waals surface area contributed by atoms with Crippen molar-refractivity contribution in [1.82, 2.24) is 4.90 Å². The van der Waals surface area contributed by atoms with Gasteiger partial charge in [-0.2, -0.15) is 0 Å². The minimum atomic E-state index is -0.128. The summed E-state index contributed by atoms with van der Waals surface area (Å²) in [6, 6.07) is 11.1. The molecule has 0 unspecified atom stereocenters. The zero-order valence-corrected chi connectivity index (χ0v) is 14.2. The molecule has 2 aliphatic heterocycles. The Morgan fingerprint density at radius 2 is 2.08 bits per heavy atom. The van der Waals surface area contributed by atoms with Crippen molar-refractivity contribution in [3.63, 3.8) is 0 Å². The van der Waals surface area contributed by atoms with Gasteiger partial charge in [0, 0.05) is 5.56 Å². The molecule has 0 saturated heterocycles. The number of rotatable bonds is 2. The Morgan fingerprint density at radius 3 is 2.92 bits per heavy atom. The summed E-state index contributed by atoms with van der Waals surface area (Å²) in [6.07, 6.45) is 1.84. The number of hydrogen-bond donors (Lipinski definition) is 1. The molecule has 2 N–H and O–H groups in total. The highest BCUT2D eigenvalue weighted by Gasteiger charge is 2.34. The van der Waals surface area contributed by atoms with Gasteiger partial charge in [-0.1, -0.05) is 17.7 Å². The molecular weight excluding hydrogens is 324 g/mol. The fourth-order valence-electron chi connectivity index (χ4n) is 2.92. The number of nitrogens with two attached hydrogens (primary N) is 1. The van der Waals surface area contributed by atoms with Gasteiger partial charge in [-0.05, 0) is 44.2 Å².